The first-order valence-corrected chi connectivity index (χ1v) is 11.1. The molecule has 3 aromatic rings. The number of pyridine rings is 1. The Hall–Kier alpha value is -2.66. The van der Waals surface area contributed by atoms with Crippen LogP contribution in [0.1, 0.15) is 11.1 Å². The molecule has 2 N–H and O–H groups in total. The molecular weight excluding hydrogens is 527 g/mol. The number of benzene rings is 1. The molecule has 33 heavy (non-hydrogen) atoms. The zero-order valence-electron chi connectivity index (χ0n) is 19.3. The monoisotopic (exact) mass is 560 g/mol. The topological polar surface area (TPSA) is 73.6 Å². The first-order chi connectivity index (χ1) is 15.7. The van der Waals surface area contributed by atoms with Crippen LogP contribution in [-0.2, 0) is 13.0 Å². The van der Waals surface area contributed by atoms with Gasteiger partial charge in [0.1, 0.15) is 5.82 Å². The van der Waals surface area contributed by atoms with E-state index in [-0.39, 0.29) is 24.0 Å². The quantitative estimate of drug-likeness (QED) is 0.263. The molecule has 1 aliphatic rings. The summed E-state index contributed by atoms with van der Waals surface area (Å²) in [6, 6.07) is 14.6. The Morgan fingerprint density at radius 1 is 1.00 bits per heavy atom. The fourth-order valence-corrected chi connectivity index (χ4v) is 3.71. The number of likely N-dealkylation sites (N-methyl/N-ethyl adjacent to an activating group) is 1. The van der Waals surface area contributed by atoms with E-state index in [1.807, 2.05) is 23.1 Å². The van der Waals surface area contributed by atoms with E-state index in [1.54, 1.807) is 13.2 Å². The highest BCUT2D eigenvalue weighted by atomic mass is 127. The predicted molar refractivity (Wildman–Crippen MR) is 145 cm³/mol. The van der Waals surface area contributed by atoms with E-state index < -0.39 is 0 Å². The van der Waals surface area contributed by atoms with Crippen LogP contribution in [0.3, 0.4) is 0 Å². The van der Waals surface area contributed by atoms with E-state index >= 15 is 0 Å². The second-order valence-corrected chi connectivity index (χ2v) is 8.03. The molecule has 176 valence electrons. The lowest BCUT2D eigenvalue weighted by Crippen LogP contribution is -2.44. The zero-order valence-corrected chi connectivity index (χ0v) is 21.6. The first-order valence-electron chi connectivity index (χ1n) is 11.1. The normalized spacial score (nSPS) is 14.6. The van der Waals surface area contributed by atoms with Gasteiger partial charge < -0.3 is 20.4 Å². The van der Waals surface area contributed by atoms with E-state index in [0.717, 1.165) is 62.2 Å². The van der Waals surface area contributed by atoms with Crippen LogP contribution in [0.2, 0.25) is 0 Å². The van der Waals surface area contributed by atoms with Crippen molar-refractivity contribution in [3.05, 3.63) is 72.2 Å². The van der Waals surface area contributed by atoms with Gasteiger partial charge in [0.25, 0.3) is 0 Å². The molecule has 0 aliphatic carbocycles. The van der Waals surface area contributed by atoms with Crippen molar-refractivity contribution in [2.45, 2.75) is 13.0 Å². The van der Waals surface area contributed by atoms with Gasteiger partial charge in [-0.25, -0.2) is 9.67 Å². The Kier molecular flexibility index (Phi) is 9.49. The fraction of sp³-hybridized carbons (Fsp3) is 0.375. The molecule has 0 atom stereocenters. The Bertz CT molecular complexity index is 978. The van der Waals surface area contributed by atoms with Gasteiger partial charge >= 0.3 is 0 Å². The third-order valence-corrected chi connectivity index (χ3v) is 5.73. The number of piperazine rings is 1. The highest BCUT2D eigenvalue weighted by Gasteiger charge is 2.14. The molecule has 3 heterocycles. The molecule has 0 unspecified atom stereocenters. The Balaban J connectivity index is 0.00000306. The number of aliphatic imine (C=N–C) groups is 1. The van der Waals surface area contributed by atoms with Crippen molar-refractivity contribution in [1.82, 2.24) is 30.3 Å². The summed E-state index contributed by atoms with van der Waals surface area (Å²) in [5.41, 5.74) is 3.48. The number of guanidine groups is 1. The zero-order chi connectivity index (χ0) is 22.2. The SMILES string of the molecule is CN=C(NCCc1ccc(-n2cccn2)cc1)NCc1ccc(N2CCN(C)CC2)nc1.I. The highest BCUT2D eigenvalue weighted by Crippen LogP contribution is 2.13. The average molecular weight is 560 g/mol. The van der Waals surface area contributed by atoms with Gasteiger partial charge in [-0.2, -0.15) is 5.10 Å². The minimum Gasteiger partial charge on any atom is -0.356 e. The van der Waals surface area contributed by atoms with Crippen molar-refractivity contribution in [1.29, 1.82) is 0 Å². The van der Waals surface area contributed by atoms with Gasteiger partial charge in [0.2, 0.25) is 0 Å². The highest BCUT2D eigenvalue weighted by molar-refractivity contribution is 14.0. The molecule has 1 saturated heterocycles. The Morgan fingerprint density at radius 3 is 2.39 bits per heavy atom. The molecule has 1 aliphatic heterocycles. The van der Waals surface area contributed by atoms with Crippen molar-refractivity contribution in [3.63, 3.8) is 0 Å². The van der Waals surface area contributed by atoms with Crippen LogP contribution in [-0.4, -0.2) is 72.4 Å². The van der Waals surface area contributed by atoms with Crippen molar-refractivity contribution in [2.24, 2.45) is 4.99 Å². The van der Waals surface area contributed by atoms with Crippen molar-refractivity contribution < 1.29 is 0 Å². The predicted octanol–water partition coefficient (Wildman–Crippen LogP) is 2.54. The molecule has 9 heteroatoms. The summed E-state index contributed by atoms with van der Waals surface area (Å²) >= 11 is 0. The number of anilines is 1. The minimum atomic E-state index is 0. The molecule has 4 rings (SSSR count). The lowest BCUT2D eigenvalue weighted by atomic mass is 10.1. The number of nitrogens with one attached hydrogen (secondary N) is 2. The molecular formula is C24H33IN8. The van der Waals surface area contributed by atoms with Crippen LogP contribution in [0.15, 0.2) is 66.0 Å². The van der Waals surface area contributed by atoms with E-state index in [0.29, 0.717) is 6.54 Å². The Labute approximate surface area is 213 Å². The second kappa shape index (κ2) is 12.5. The number of hydrogen-bond donors (Lipinski definition) is 2. The molecule has 0 amide bonds. The standard InChI is InChI=1S/C24H32N8.HI/c1-25-24(26-12-10-20-4-7-22(8-5-20)32-13-3-11-29-32)28-19-21-6-9-23(27-18-21)31-16-14-30(2)15-17-31;/h3-9,11,13,18H,10,12,14-17,19H2,1-2H3,(H2,25,26,28);1H. The minimum absolute atomic E-state index is 0. The second-order valence-electron chi connectivity index (χ2n) is 8.03. The van der Waals surface area contributed by atoms with Gasteiger partial charge in [0.15, 0.2) is 5.96 Å². The van der Waals surface area contributed by atoms with E-state index in [1.165, 1.54) is 5.56 Å². The van der Waals surface area contributed by atoms with Gasteiger partial charge in [0.05, 0.1) is 5.69 Å². The van der Waals surface area contributed by atoms with Gasteiger partial charge in [0, 0.05) is 64.9 Å². The maximum atomic E-state index is 4.66. The maximum absolute atomic E-state index is 4.66. The smallest absolute Gasteiger partial charge is 0.191 e. The van der Waals surface area contributed by atoms with Crippen LogP contribution in [0.25, 0.3) is 5.69 Å². The van der Waals surface area contributed by atoms with Crippen LogP contribution in [0.4, 0.5) is 5.82 Å². The van der Waals surface area contributed by atoms with Crippen LogP contribution in [0, 0.1) is 0 Å². The summed E-state index contributed by atoms with van der Waals surface area (Å²) in [6.45, 7) is 5.73. The molecule has 2 aromatic heterocycles. The number of halogens is 1. The number of rotatable bonds is 7. The molecule has 1 fully saturated rings. The van der Waals surface area contributed by atoms with E-state index in [4.69, 9.17) is 0 Å². The average Bonchev–Trinajstić information content (AvgIpc) is 3.38. The summed E-state index contributed by atoms with van der Waals surface area (Å²) < 4.78 is 1.86. The number of nitrogens with zero attached hydrogens (tertiary/aromatic N) is 6. The molecule has 0 saturated carbocycles. The first kappa shape index (κ1) is 25.0. The van der Waals surface area contributed by atoms with Crippen LogP contribution in [0.5, 0.6) is 0 Å². The maximum Gasteiger partial charge on any atom is 0.191 e. The summed E-state index contributed by atoms with van der Waals surface area (Å²) in [5, 5.41) is 11.0. The third-order valence-electron chi connectivity index (χ3n) is 5.73. The third kappa shape index (κ3) is 7.16. The van der Waals surface area contributed by atoms with Gasteiger partial charge in [-0.3, -0.25) is 4.99 Å². The van der Waals surface area contributed by atoms with Crippen molar-refractivity contribution in [2.75, 3.05) is 51.7 Å². The molecule has 0 bridgehead atoms. The summed E-state index contributed by atoms with van der Waals surface area (Å²) in [7, 11) is 3.96. The number of aromatic nitrogens is 3. The van der Waals surface area contributed by atoms with E-state index in [9.17, 15) is 0 Å². The summed E-state index contributed by atoms with van der Waals surface area (Å²) in [4.78, 5) is 13.7. The fourth-order valence-electron chi connectivity index (χ4n) is 3.71. The van der Waals surface area contributed by atoms with Crippen molar-refractivity contribution in [3.8, 4) is 5.69 Å². The molecule has 8 nitrogen and oxygen atoms in total. The molecule has 1 aromatic carbocycles. The van der Waals surface area contributed by atoms with Crippen LogP contribution < -0.4 is 15.5 Å². The van der Waals surface area contributed by atoms with Gasteiger partial charge in [-0.05, 0) is 48.9 Å². The Morgan fingerprint density at radius 2 is 1.76 bits per heavy atom. The van der Waals surface area contributed by atoms with Crippen LogP contribution >= 0.6 is 24.0 Å². The van der Waals surface area contributed by atoms with Crippen molar-refractivity contribution >= 4 is 35.8 Å². The lowest BCUT2D eigenvalue weighted by molar-refractivity contribution is 0.312. The van der Waals surface area contributed by atoms with Gasteiger partial charge in [-0.1, -0.05) is 18.2 Å². The van der Waals surface area contributed by atoms with E-state index in [2.05, 4.69) is 79.0 Å². The van der Waals surface area contributed by atoms with Gasteiger partial charge in [-0.15, -0.1) is 24.0 Å². The molecule has 0 radical (unpaired) electrons. The summed E-state index contributed by atoms with van der Waals surface area (Å²) in [6.07, 6.45) is 6.60. The largest absolute Gasteiger partial charge is 0.356 e. The summed E-state index contributed by atoms with van der Waals surface area (Å²) in [5.74, 6) is 1.85. The number of hydrogen-bond acceptors (Lipinski definition) is 5. The molecule has 0 spiro atoms. The lowest BCUT2D eigenvalue weighted by Gasteiger charge is -2.33.